The third kappa shape index (κ3) is 6.14. The summed E-state index contributed by atoms with van der Waals surface area (Å²) < 4.78 is 9.07. The summed E-state index contributed by atoms with van der Waals surface area (Å²) in [4.78, 5) is 15.2. The third-order valence-corrected chi connectivity index (χ3v) is 11.7. The van der Waals surface area contributed by atoms with Crippen LogP contribution in [0, 0.1) is 0 Å². The highest BCUT2D eigenvalue weighted by atomic mass is 16.3. The Morgan fingerprint density at radius 3 is 1.77 bits per heavy atom. The Morgan fingerprint density at radius 2 is 1.05 bits per heavy atom. The summed E-state index contributed by atoms with van der Waals surface area (Å²) >= 11 is 0. The van der Waals surface area contributed by atoms with Crippen LogP contribution in [0.5, 0.6) is 0 Å². The fraction of sp³-hybridized carbons (Fsp3) is 0.0727. The summed E-state index contributed by atoms with van der Waals surface area (Å²) in [6, 6.07) is 66.2. The quantitative estimate of drug-likeness (QED) is 0.147. The van der Waals surface area contributed by atoms with Gasteiger partial charge in [-0.25, -0.2) is 15.0 Å². The zero-order valence-corrected chi connectivity index (χ0v) is 33.2. The van der Waals surface area contributed by atoms with Crippen molar-refractivity contribution < 1.29 is 4.42 Å². The Kier molecular flexibility index (Phi) is 8.85. The van der Waals surface area contributed by atoms with Crippen LogP contribution >= 0.6 is 0 Å². The van der Waals surface area contributed by atoms with Gasteiger partial charge in [0.05, 0.1) is 16.7 Å². The molecular formula is C55H40N4O. The van der Waals surface area contributed by atoms with Gasteiger partial charge in [-0.2, -0.15) is 0 Å². The molecule has 0 aliphatic heterocycles. The van der Waals surface area contributed by atoms with Gasteiger partial charge in [-0.05, 0) is 59.4 Å². The van der Waals surface area contributed by atoms with Crippen molar-refractivity contribution in [3.05, 3.63) is 194 Å². The Bertz CT molecular complexity index is 3290. The smallest absolute Gasteiger partial charge is 0.164 e. The molecule has 0 aliphatic carbocycles. The molecule has 0 bridgehead atoms. The molecule has 0 atom stereocenters. The number of benzene rings is 8. The molecule has 3 aromatic heterocycles. The predicted octanol–water partition coefficient (Wildman–Crippen LogP) is 14.5. The van der Waals surface area contributed by atoms with E-state index in [1.807, 2.05) is 60.7 Å². The molecule has 5 heteroatoms. The van der Waals surface area contributed by atoms with Crippen LogP contribution in [0.25, 0.3) is 106 Å². The average Bonchev–Trinajstić information content (AvgIpc) is 3.87. The van der Waals surface area contributed by atoms with E-state index in [0.717, 1.165) is 96.9 Å². The highest BCUT2D eigenvalue weighted by Gasteiger charge is 2.21. The number of para-hydroxylation sites is 2. The lowest BCUT2D eigenvalue weighted by atomic mass is 9.97. The van der Waals surface area contributed by atoms with Crippen molar-refractivity contribution in [2.75, 3.05) is 0 Å². The summed E-state index contributed by atoms with van der Waals surface area (Å²) in [5.74, 6) is 1.88. The van der Waals surface area contributed by atoms with Crippen LogP contribution in [0.2, 0.25) is 0 Å². The summed E-state index contributed by atoms with van der Waals surface area (Å²) in [5, 5.41) is 4.69. The van der Waals surface area contributed by atoms with Gasteiger partial charge >= 0.3 is 0 Å². The topological polar surface area (TPSA) is 56.7 Å². The Balaban J connectivity index is 1.16. The lowest BCUT2D eigenvalue weighted by Crippen LogP contribution is -2.02. The van der Waals surface area contributed by atoms with Crippen LogP contribution in [0.1, 0.15) is 25.3 Å². The lowest BCUT2D eigenvalue weighted by molar-refractivity contribution is 0.658. The van der Waals surface area contributed by atoms with Crippen LogP contribution < -0.4 is 0 Å². The summed E-state index contributed by atoms with van der Waals surface area (Å²) in [6.07, 6.45) is 3.28. The number of nitrogens with zero attached hydrogens (tertiary/aromatic N) is 4. The van der Waals surface area contributed by atoms with E-state index in [9.17, 15) is 0 Å². The largest absolute Gasteiger partial charge is 0.456 e. The maximum Gasteiger partial charge on any atom is 0.164 e. The monoisotopic (exact) mass is 772 g/mol. The van der Waals surface area contributed by atoms with Gasteiger partial charge in [0.15, 0.2) is 17.5 Å². The lowest BCUT2D eigenvalue weighted by Gasteiger charge is -2.17. The number of rotatable bonds is 9. The second-order valence-electron chi connectivity index (χ2n) is 15.4. The second-order valence-corrected chi connectivity index (χ2v) is 15.4. The number of aromatic nitrogens is 4. The fourth-order valence-electron chi connectivity index (χ4n) is 8.76. The average molecular weight is 773 g/mol. The van der Waals surface area contributed by atoms with Crippen molar-refractivity contribution in [1.29, 1.82) is 0 Å². The van der Waals surface area contributed by atoms with E-state index < -0.39 is 0 Å². The molecule has 0 saturated carbocycles. The van der Waals surface area contributed by atoms with Crippen LogP contribution in [0.4, 0.5) is 0 Å². The van der Waals surface area contributed by atoms with E-state index in [2.05, 4.69) is 139 Å². The number of furan rings is 1. The molecule has 60 heavy (non-hydrogen) atoms. The highest BCUT2D eigenvalue weighted by Crippen LogP contribution is 2.42. The number of hydrogen-bond acceptors (Lipinski definition) is 4. The van der Waals surface area contributed by atoms with E-state index in [1.165, 1.54) is 16.3 Å². The minimum Gasteiger partial charge on any atom is -0.456 e. The Morgan fingerprint density at radius 1 is 0.450 bits per heavy atom. The first-order valence-electron chi connectivity index (χ1n) is 20.8. The van der Waals surface area contributed by atoms with Crippen molar-refractivity contribution in [2.24, 2.45) is 0 Å². The van der Waals surface area contributed by atoms with Gasteiger partial charge < -0.3 is 8.98 Å². The van der Waals surface area contributed by atoms with Crippen molar-refractivity contribution >= 4 is 43.7 Å². The van der Waals surface area contributed by atoms with Crippen LogP contribution in [-0.4, -0.2) is 19.5 Å². The van der Waals surface area contributed by atoms with Crippen molar-refractivity contribution in [2.45, 2.75) is 26.2 Å². The SMILES string of the molecule is CCCCc1cccc2c1oc1cccc(-c3ccc4c5ccccc5n(-c5cc(-c6nc(-c7ccccc7)nc(-c7ccccc7)n6)ccc5-c5ccccc5)c4c3)c12. The molecule has 286 valence electrons. The molecule has 0 saturated heterocycles. The molecule has 0 radical (unpaired) electrons. The number of unbranched alkanes of at least 4 members (excludes halogenated alkanes) is 1. The number of aryl methyl sites for hydroxylation is 1. The first-order chi connectivity index (χ1) is 29.7. The van der Waals surface area contributed by atoms with Crippen LogP contribution in [0.3, 0.4) is 0 Å². The van der Waals surface area contributed by atoms with Crippen molar-refractivity contribution in [1.82, 2.24) is 19.5 Å². The van der Waals surface area contributed by atoms with Gasteiger partial charge in [-0.1, -0.05) is 177 Å². The zero-order valence-electron chi connectivity index (χ0n) is 33.2. The maximum absolute atomic E-state index is 6.64. The van der Waals surface area contributed by atoms with E-state index in [1.54, 1.807) is 0 Å². The summed E-state index contributed by atoms with van der Waals surface area (Å²) in [7, 11) is 0. The molecular weight excluding hydrogens is 733 g/mol. The standard InChI is InChI=1S/C55H40N4O/c1-2-3-17-37-24-15-27-46-51-43(26-16-29-50(51)60-52(37)46)40-30-33-45-44-25-13-14-28-47(44)59(49(45)34-40)48-35-41(31-32-42(48)36-18-7-4-8-19-36)55-57-53(38-20-9-5-10-21-38)56-54(58-55)39-22-11-6-12-23-39/h4-16,18-35H,2-3,17H2,1H3. The van der Waals surface area contributed by atoms with Crippen LogP contribution in [-0.2, 0) is 6.42 Å². The highest BCUT2D eigenvalue weighted by molar-refractivity contribution is 6.15. The Labute approximate surface area is 348 Å². The first-order valence-corrected chi connectivity index (χ1v) is 20.8. The molecule has 0 fully saturated rings. The minimum atomic E-state index is 0.613. The molecule has 0 spiro atoms. The van der Waals surface area contributed by atoms with Gasteiger partial charge in [-0.3, -0.25) is 0 Å². The molecule has 3 heterocycles. The molecule has 8 aromatic carbocycles. The third-order valence-electron chi connectivity index (χ3n) is 11.7. The van der Waals surface area contributed by atoms with Gasteiger partial charge in [0.1, 0.15) is 11.2 Å². The Hall–Kier alpha value is -7.63. The van der Waals surface area contributed by atoms with E-state index >= 15 is 0 Å². The van der Waals surface area contributed by atoms with Gasteiger partial charge in [0.2, 0.25) is 0 Å². The second kappa shape index (κ2) is 14.9. The van der Waals surface area contributed by atoms with E-state index in [0.29, 0.717) is 17.5 Å². The first kappa shape index (κ1) is 35.5. The molecule has 0 aliphatic rings. The number of fused-ring (bicyclic) bond motifs is 6. The fourth-order valence-corrected chi connectivity index (χ4v) is 8.76. The van der Waals surface area contributed by atoms with Crippen molar-refractivity contribution in [3.8, 4) is 62.1 Å². The van der Waals surface area contributed by atoms with E-state index in [4.69, 9.17) is 19.4 Å². The molecule has 0 amide bonds. The zero-order chi connectivity index (χ0) is 40.0. The van der Waals surface area contributed by atoms with Gasteiger partial charge in [-0.15, -0.1) is 0 Å². The van der Waals surface area contributed by atoms with Gasteiger partial charge in [0, 0.05) is 43.8 Å². The van der Waals surface area contributed by atoms with Crippen LogP contribution in [0.15, 0.2) is 192 Å². The molecule has 5 nitrogen and oxygen atoms in total. The molecule has 11 rings (SSSR count). The molecule has 11 aromatic rings. The number of hydrogen-bond donors (Lipinski definition) is 0. The molecule has 0 unspecified atom stereocenters. The summed E-state index contributed by atoms with van der Waals surface area (Å²) in [6.45, 7) is 2.24. The predicted molar refractivity (Wildman–Crippen MR) is 247 cm³/mol. The molecule has 0 N–H and O–H groups in total. The normalized spacial score (nSPS) is 11.6. The summed E-state index contributed by atoms with van der Waals surface area (Å²) in [5.41, 5.74) is 13.7. The maximum atomic E-state index is 6.64. The van der Waals surface area contributed by atoms with E-state index in [-0.39, 0.29) is 0 Å². The van der Waals surface area contributed by atoms with Crippen molar-refractivity contribution in [3.63, 3.8) is 0 Å². The van der Waals surface area contributed by atoms with Gasteiger partial charge in [0.25, 0.3) is 0 Å². The minimum absolute atomic E-state index is 0.613.